The summed E-state index contributed by atoms with van der Waals surface area (Å²) in [6, 6.07) is 12.5. The van der Waals surface area contributed by atoms with Crippen LogP contribution in [0.25, 0.3) is 28.2 Å². The number of ether oxygens (including phenoxy) is 2. The minimum absolute atomic E-state index is 0.00322. The van der Waals surface area contributed by atoms with Crippen LogP contribution in [0.1, 0.15) is 0 Å². The van der Waals surface area contributed by atoms with E-state index in [9.17, 15) is 14.0 Å². The minimum atomic E-state index is -0.628. The molecule has 4 aromatic rings. The Morgan fingerprint density at radius 1 is 1.00 bits per heavy atom. The predicted octanol–water partition coefficient (Wildman–Crippen LogP) is 1.39. The van der Waals surface area contributed by atoms with Gasteiger partial charge >= 0.3 is 5.69 Å². The number of halogens is 1. The highest BCUT2D eigenvalue weighted by atomic mass is 19.1. The van der Waals surface area contributed by atoms with E-state index in [2.05, 4.69) is 20.1 Å². The van der Waals surface area contributed by atoms with Gasteiger partial charge in [0, 0.05) is 32.2 Å². The molecule has 35 heavy (non-hydrogen) atoms. The second kappa shape index (κ2) is 9.72. The Bertz CT molecular complexity index is 1460. The van der Waals surface area contributed by atoms with Gasteiger partial charge < -0.3 is 9.47 Å². The average Bonchev–Trinajstić information content (AvgIpc) is 2.89. The van der Waals surface area contributed by atoms with Gasteiger partial charge in [-0.1, -0.05) is 0 Å². The van der Waals surface area contributed by atoms with Crippen molar-refractivity contribution in [1.82, 2.24) is 29.2 Å². The number of benzene rings is 2. The fourth-order valence-electron chi connectivity index (χ4n) is 3.86. The highest BCUT2D eigenvalue weighted by molar-refractivity contribution is 5.73. The maximum absolute atomic E-state index is 13.4. The highest BCUT2D eigenvalue weighted by Crippen LogP contribution is 2.20. The summed E-state index contributed by atoms with van der Waals surface area (Å²) in [6.07, 6.45) is 0. The zero-order valence-electron chi connectivity index (χ0n) is 19.1. The molecule has 2 aromatic heterocycles. The molecule has 0 saturated carbocycles. The van der Waals surface area contributed by atoms with Crippen molar-refractivity contribution in [2.45, 2.75) is 0 Å². The van der Waals surface area contributed by atoms with Gasteiger partial charge in [0.25, 0.3) is 5.56 Å². The topological polar surface area (TPSA) is 104 Å². The molecule has 1 aliphatic rings. The smallest absolute Gasteiger partial charge is 0.337 e. The van der Waals surface area contributed by atoms with Crippen LogP contribution in [0.4, 0.5) is 4.39 Å². The summed E-state index contributed by atoms with van der Waals surface area (Å²) in [7, 11) is 1.36. The van der Waals surface area contributed by atoms with E-state index in [1.165, 1.54) is 35.9 Å². The van der Waals surface area contributed by atoms with Crippen LogP contribution < -0.4 is 16.0 Å². The van der Waals surface area contributed by atoms with Crippen molar-refractivity contribution < 1.29 is 13.9 Å². The lowest BCUT2D eigenvalue weighted by molar-refractivity contribution is 0.0322. The maximum Gasteiger partial charge on any atom is 0.337 e. The third-order valence-corrected chi connectivity index (χ3v) is 5.84. The van der Waals surface area contributed by atoms with Crippen LogP contribution in [0.5, 0.6) is 5.75 Å². The van der Waals surface area contributed by atoms with E-state index in [-0.39, 0.29) is 17.0 Å². The van der Waals surface area contributed by atoms with E-state index < -0.39 is 17.1 Å². The van der Waals surface area contributed by atoms with Crippen molar-refractivity contribution in [2.24, 2.45) is 7.05 Å². The standard InChI is InChI=1S/C24H23FN6O4/c1-29-23(32)20-22(31(24(29)33)18-6-4-17(25)5-7-18)28-27-21(26-20)16-2-8-19(9-3-16)35-15-12-30-10-13-34-14-11-30/h2-9H,10-15H2,1H3. The van der Waals surface area contributed by atoms with E-state index in [4.69, 9.17) is 9.47 Å². The summed E-state index contributed by atoms with van der Waals surface area (Å²) in [6.45, 7) is 4.69. The molecular weight excluding hydrogens is 455 g/mol. The Balaban J connectivity index is 1.42. The second-order valence-electron chi connectivity index (χ2n) is 8.09. The van der Waals surface area contributed by atoms with E-state index in [1.54, 1.807) is 24.3 Å². The molecule has 0 N–H and O–H groups in total. The fourth-order valence-corrected chi connectivity index (χ4v) is 3.86. The summed E-state index contributed by atoms with van der Waals surface area (Å²) in [4.78, 5) is 32.3. The van der Waals surface area contributed by atoms with Gasteiger partial charge in [0.1, 0.15) is 18.2 Å². The summed E-state index contributed by atoms with van der Waals surface area (Å²) in [5, 5.41) is 8.28. The third-order valence-electron chi connectivity index (χ3n) is 5.84. The monoisotopic (exact) mass is 478 g/mol. The number of rotatable bonds is 6. The van der Waals surface area contributed by atoms with Gasteiger partial charge in [-0.2, -0.15) is 0 Å². The van der Waals surface area contributed by atoms with E-state index in [1.807, 2.05) is 0 Å². The molecular formula is C24H23FN6O4. The number of fused-ring (bicyclic) bond motifs is 1. The van der Waals surface area contributed by atoms with Gasteiger partial charge in [-0.25, -0.2) is 18.7 Å². The predicted molar refractivity (Wildman–Crippen MR) is 126 cm³/mol. The van der Waals surface area contributed by atoms with Crippen molar-refractivity contribution in [3.8, 4) is 22.8 Å². The lowest BCUT2D eigenvalue weighted by Gasteiger charge is -2.26. The van der Waals surface area contributed by atoms with Gasteiger partial charge in [0.2, 0.25) is 0 Å². The first-order valence-corrected chi connectivity index (χ1v) is 11.2. The Kier molecular flexibility index (Phi) is 6.34. The second-order valence-corrected chi connectivity index (χ2v) is 8.09. The van der Waals surface area contributed by atoms with Crippen LogP contribution in [0, 0.1) is 5.82 Å². The Morgan fingerprint density at radius 3 is 2.43 bits per heavy atom. The highest BCUT2D eigenvalue weighted by Gasteiger charge is 2.17. The van der Waals surface area contributed by atoms with E-state index >= 15 is 0 Å². The normalized spacial score (nSPS) is 14.3. The minimum Gasteiger partial charge on any atom is -0.492 e. The lowest BCUT2D eigenvalue weighted by Crippen LogP contribution is -2.38. The zero-order valence-corrected chi connectivity index (χ0v) is 19.1. The summed E-state index contributed by atoms with van der Waals surface area (Å²) in [5.74, 6) is 0.492. The number of nitrogens with zero attached hydrogens (tertiary/aromatic N) is 6. The number of morpholine rings is 1. The molecule has 180 valence electrons. The zero-order chi connectivity index (χ0) is 24.4. The van der Waals surface area contributed by atoms with Crippen LogP contribution in [-0.2, 0) is 11.8 Å². The quantitative estimate of drug-likeness (QED) is 0.410. The van der Waals surface area contributed by atoms with Crippen LogP contribution in [-0.4, -0.2) is 68.7 Å². The van der Waals surface area contributed by atoms with Gasteiger partial charge in [0.05, 0.1) is 18.9 Å². The largest absolute Gasteiger partial charge is 0.492 e. The Hall–Kier alpha value is -3.96. The molecule has 10 nitrogen and oxygen atoms in total. The van der Waals surface area contributed by atoms with Crippen LogP contribution in [0.2, 0.25) is 0 Å². The summed E-state index contributed by atoms with van der Waals surface area (Å²) in [5.41, 5.74) is -0.260. The number of aromatic nitrogens is 5. The molecule has 2 aromatic carbocycles. The first kappa shape index (κ1) is 22.8. The third kappa shape index (κ3) is 4.68. The number of hydrogen-bond donors (Lipinski definition) is 0. The van der Waals surface area contributed by atoms with Crippen LogP contribution in [0.3, 0.4) is 0 Å². The Morgan fingerprint density at radius 2 is 1.71 bits per heavy atom. The molecule has 0 aliphatic carbocycles. The van der Waals surface area contributed by atoms with Crippen LogP contribution >= 0.6 is 0 Å². The molecule has 0 bridgehead atoms. The van der Waals surface area contributed by atoms with E-state index in [0.717, 1.165) is 37.4 Å². The SMILES string of the molecule is Cn1c(=O)c2nc(-c3ccc(OCCN4CCOCC4)cc3)nnc2n(-c2ccc(F)cc2)c1=O. The Labute approximate surface area is 199 Å². The first-order chi connectivity index (χ1) is 17.0. The lowest BCUT2D eigenvalue weighted by atomic mass is 10.2. The molecule has 0 unspecified atom stereocenters. The number of hydrogen-bond acceptors (Lipinski definition) is 8. The molecule has 0 radical (unpaired) electrons. The maximum atomic E-state index is 13.4. The molecule has 11 heteroatoms. The van der Waals surface area contributed by atoms with Crippen molar-refractivity contribution >= 4 is 11.2 Å². The van der Waals surface area contributed by atoms with Crippen molar-refractivity contribution in [3.63, 3.8) is 0 Å². The first-order valence-electron chi connectivity index (χ1n) is 11.2. The van der Waals surface area contributed by atoms with Gasteiger partial charge in [-0.15, -0.1) is 10.2 Å². The average molecular weight is 478 g/mol. The van der Waals surface area contributed by atoms with Crippen LogP contribution in [0.15, 0.2) is 58.1 Å². The molecule has 1 fully saturated rings. The molecule has 0 amide bonds. The van der Waals surface area contributed by atoms with Crippen molar-refractivity contribution in [2.75, 3.05) is 39.5 Å². The fraction of sp³-hybridized carbons (Fsp3) is 0.292. The summed E-state index contributed by atoms with van der Waals surface area (Å²) >= 11 is 0. The van der Waals surface area contributed by atoms with Gasteiger partial charge in [0.15, 0.2) is 17.0 Å². The summed E-state index contributed by atoms with van der Waals surface area (Å²) < 4.78 is 26.7. The van der Waals surface area contributed by atoms with Crippen molar-refractivity contribution in [1.29, 1.82) is 0 Å². The molecule has 1 saturated heterocycles. The van der Waals surface area contributed by atoms with Gasteiger partial charge in [-0.05, 0) is 48.5 Å². The van der Waals surface area contributed by atoms with Gasteiger partial charge in [-0.3, -0.25) is 14.3 Å². The van der Waals surface area contributed by atoms with Crippen molar-refractivity contribution in [3.05, 3.63) is 75.2 Å². The molecule has 1 aliphatic heterocycles. The molecule has 3 heterocycles. The molecule has 5 rings (SSSR count). The van der Waals surface area contributed by atoms with E-state index in [0.29, 0.717) is 23.6 Å². The molecule has 0 spiro atoms. The molecule has 0 atom stereocenters.